The van der Waals surface area contributed by atoms with Gasteiger partial charge in [0.05, 0.1) is 19.3 Å². The van der Waals surface area contributed by atoms with E-state index < -0.39 is 0 Å². The first-order valence-corrected chi connectivity index (χ1v) is 4.01. The van der Waals surface area contributed by atoms with E-state index in [4.69, 9.17) is 10.5 Å². The van der Waals surface area contributed by atoms with Crippen LogP contribution in [-0.4, -0.2) is 55.5 Å². The van der Waals surface area contributed by atoms with E-state index >= 15 is 0 Å². The molecule has 0 spiro atoms. The molecule has 11 heavy (non-hydrogen) atoms. The summed E-state index contributed by atoms with van der Waals surface area (Å²) in [5.41, 5.74) is 5.28. The third kappa shape index (κ3) is 3.16. The minimum Gasteiger partial charge on any atom is -0.390 e. The molecule has 0 unspecified atom stereocenters. The van der Waals surface area contributed by atoms with Gasteiger partial charge in [0.1, 0.15) is 0 Å². The van der Waals surface area contributed by atoms with Crippen LogP contribution in [0, 0.1) is 0 Å². The largest absolute Gasteiger partial charge is 0.390 e. The minimum atomic E-state index is -0.381. The van der Waals surface area contributed by atoms with Crippen LogP contribution >= 0.6 is 0 Å². The van der Waals surface area contributed by atoms with Gasteiger partial charge in [-0.05, 0) is 0 Å². The predicted molar refractivity (Wildman–Crippen MR) is 42.3 cm³/mol. The number of β-amino-alcohol motifs (C(OH)–C–C–N with tert-alkyl or cyclic N) is 1. The molecule has 0 saturated carbocycles. The molecule has 1 atom stereocenters. The Balaban J connectivity index is 2.13. The second-order valence-electron chi connectivity index (χ2n) is 2.80. The number of nitrogens with zero attached hydrogens (tertiary/aromatic N) is 1. The van der Waals surface area contributed by atoms with E-state index in [1.165, 1.54) is 0 Å². The van der Waals surface area contributed by atoms with E-state index in [2.05, 4.69) is 4.90 Å². The fourth-order valence-electron chi connectivity index (χ4n) is 1.16. The highest BCUT2D eigenvalue weighted by Gasteiger charge is 2.12. The molecule has 0 aromatic rings. The van der Waals surface area contributed by atoms with Crippen LogP contribution in [0.4, 0.5) is 0 Å². The summed E-state index contributed by atoms with van der Waals surface area (Å²) in [6.45, 7) is 4.40. The maximum Gasteiger partial charge on any atom is 0.0789 e. The molecule has 1 aliphatic heterocycles. The molecular formula is C7H16N2O2. The fourth-order valence-corrected chi connectivity index (χ4v) is 1.16. The van der Waals surface area contributed by atoms with Crippen LogP contribution in [0.1, 0.15) is 0 Å². The highest BCUT2D eigenvalue weighted by Crippen LogP contribution is 1.97. The Bertz CT molecular complexity index is 105. The highest BCUT2D eigenvalue weighted by atomic mass is 16.5. The summed E-state index contributed by atoms with van der Waals surface area (Å²) in [5, 5.41) is 9.20. The van der Waals surface area contributed by atoms with E-state index in [9.17, 15) is 5.11 Å². The number of ether oxygens (including phenoxy) is 1. The van der Waals surface area contributed by atoms with Gasteiger partial charge in [-0.15, -0.1) is 0 Å². The van der Waals surface area contributed by atoms with Crippen LogP contribution in [0.3, 0.4) is 0 Å². The van der Waals surface area contributed by atoms with E-state index in [1.54, 1.807) is 0 Å². The Morgan fingerprint density at radius 2 is 2.09 bits per heavy atom. The van der Waals surface area contributed by atoms with Crippen molar-refractivity contribution in [3.05, 3.63) is 0 Å². The molecule has 1 fully saturated rings. The van der Waals surface area contributed by atoms with Gasteiger partial charge in [0.25, 0.3) is 0 Å². The molecule has 0 aromatic carbocycles. The molecule has 0 radical (unpaired) electrons. The standard InChI is InChI=1S/C7H16N2O2/c8-5-7(10)6-9-1-3-11-4-2-9/h7,10H,1-6,8H2/t7-/m0/s1. The van der Waals surface area contributed by atoms with Gasteiger partial charge >= 0.3 is 0 Å². The van der Waals surface area contributed by atoms with Crippen molar-refractivity contribution in [3.8, 4) is 0 Å². The first-order chi connectivity index (χ1) is 5.33. The lowest BCUT2D eigenvalue weighted by atomic mass is 10.3. The average molecular weight is 160 g/mol. The predicted octanol–water partition coefficient (Wildman–Crippen LogP) is -1.36. The van der Waals surface area contributed by atoms with Gasteiger partial charge < -0.3 is 15.6 Å². The number of morpholine rings is 1. The summed E-state index contributed by atoms with van der Waals surface area (Å²) in [6, 6.07) is 0. The van der Waals surface area contributed by atoms with Crippen molar-refractivity contribution < 1.29 is 9.84 Å². The summed E-state index contributed by atoms with van der Waals surface area (Å²) in [4.78, 5) is 2.17. The molecule has 0 aliphatic carbocycles. The Kier molecular flexibility index (Phi) is 3.79. The maximum absolute atomic E-state index is 9.20. The van der Waals surface area contributed by atoms with Gasteiger partial charge in [-0.3, -0.25) is 4.90 Å². The summed E-state index contributed by atoms with van der Waals surface area (Å²) in [7, 11) is 0. The molecule has 1 heterocycles. The van der Waals surface area contributed by atoms with Crippen molar-refractivity contribution >= 4 is 0 Å². The van der Waals surface area contributed by atoms with Crippen LogP contribution in [0.15, 0.2) is 0 Å². The van der Waals surface area contributed by atoms with Gasteiger partial charge in [-0.1, -0.05) is 0 Å². The smallest absolute Gasteiger partial charge is 0.0789 e. The Labute approximate surface area is 66.9 Å². The molecule has 0 aromatic heterocycles. The van der Waals surface area contributed by atoms with Crippen molar-refractivity contribution in [2.24, 2.45) is 5.73 Å². The zero-order chi connectivity index (χ0) is 8.10. The highest BCUT2D eigenvalue weighted by molar-refractivity contribution is 4.67. The lowest BCUT2D eigenvalue weighted by molar-refractivity contribution is 0.0164. The number of hydrogen-bond acceptors (Lipinski definition) is 4. The Morgan fingerprint density at radius 1 is 1.45 bits per heavy atom. The molecule has 4 nitrogen and oxygen atoms in total. The summed E-state index contributed by atoms with van der Waals surface area (Å²) >= 11 is 0. The topological polar surface area (TPSA) is 58.7 Å². The monoisotopic (exact) mass is 160 g/mol. The lowest BCUT2D eigenvalue weighted by Gasteiger charge is -2.27. The lowest BCUT2D eigenvalue weighted by Crippen LogP contribution is -2.42. The number of hydrogen-bond donors (Lipinski definition) is 2. The summed E-state index contributed by atoms with van der Waals surface area (Å²) in [5.74, 6) is 0. The van der Waals surface area contributed by atoms with Gasteiger partial charge in [-0.2, -0.15) is 0 Å². The molecule has 1 saturated heterocycles. The number of aliphatic hydroxyl groups excluding tert-OH is 1. The van der Waals surface area contributed by atoms with Crippen molar-refractivity contribution in [3.63, 3.8) is 0 Å². The van der Waals surface area contributed by atoms with Crippen LogP contribution < -0.4 is 5.73 Å². The average Bonchev–Trinajstić information content (AvgIpc) is 2.06. The molecule has 3 N–H and O–H groups in total. The third-order valence-corrected chi connectivity index (χ3v) is 1.84. The molecule has 1 rings (SSSR count). The number of aliphatic hydroxyl groups is 1. The van der Waals surface area contributed by atoms with Gasteiger partial charge in [0.2, 0.25) is 0 Å². The fraction of sp³-hybridized carbons (Fsp3) is 1.00. The Hall–Kier alpha value is -0.160. The zero-order valence-corrected chi connectivity index (χ0v) is 6.70. The molecule has 0 bridgehead atoms. The first kappa shape index (κ1) is 8.93. The van der Waals surface area contributed by atoms with Crippen molar-refractivity contribution in [2.75, 3.05) is 39.4 Å². The normalized spacial score (nSPS) is 23.5. The first-order valence-electron chi connectivity index (χ1n) is 4.01. The van der Waals surface area contributed by atoms with Crippen LogP contribution in [0.5, 0.6) is 0 Å². The number of nitrogens with two attached hydrogens (primary N) is 1. The van der Waals surface area contributed by atoms with Crippen LogP contribution in [0.25, 0.3) is 0 Å². The van der Waals surface area contributed by atoms with Crippen molar-refractivity contribution in [1.29, 1.82) is 0 Å². The summed E-state index contributed by atoms with van der Waals surface area (Å²) < 4.78 is 5.16. The third-order valence-electron chi connectivity index (χ3n) is 1.84. The zero-order valence-electron chi connectivity index (χ0n) is 6.70. The molecular weight excluding hydrogens is 144 g/mol. The Morgan fingerprint density at radius 3 is 2.64 bits per heavy atom. The van der Waals surface area contributed by atoms with Gasteiger partial charge in [-0.25, -0.2) is 0 Å². The second kappa shape index (κ2) is 4.66. The molecule has 0 amide bonds. The van der Waals surface area contributed by atoms with Gasteiger partial charge in [0.15, 0.2) is 0 Å². The van der Waals surface area contributed by atoms with Crippen LogP contribution in [0.2, 0.25) is 0 Å². The van der Waals surface area contributed by atoms with E-state index in [0.717, 1.165) is 26.3 Å². The molecule has 66 valence electrons. The van der Waals surface area contributed by atoms with E-state index in [-0.39, 0.29) is 6.10 Å². The van der Waals surface area contributed by atoms with Crippen LogP contribution in [-0.2, 0) is 4.74 Å². The summed E-state index contributed by atoms with van der Waals surface area (Å²) in [6.07, 6.45) is -0.381. The molecule has 4 heteroatoms. The van der Waals surface area contributed by atoms with E-state index in [0.29, 0.717) is 13.1 Å². The minimum absolute atomic E-state index is 0.345. The number of rotatable bonds is 3. The van der Waals surface area contributed by atoms with E-state index in [1.807, 2.05) is 0 Å². The van der Waals surface area contributed by atoms with Gasteiger partial charge in [0, 0.05) is 26.2 Å². The second-order valence-corrected chi connectivity index (χ2v) is 2.80. The van der Waals surface area contributed by atoms with Crippen molar-refractivity contribution in [2.45, 2.75) is 6.10 Å². The SMILES string of the molecule is NC[C@H](O)CN1CCOCC1. The van der Waals surface area contributed by atoms with Crippen molar-refractivity contribution in [1.82, 2.24) is 4.90 Å². The maximum atomic E-state index is 9.20. The molecule has 1 aliphatic rings. The quantitative estimate of drug-likeness (QED) is 0.535.